The third kappa shape index (κ3) is 2.95. The molecule has 6 heteroatoms. The maximum absolute atomic E-state index is 10.9. The fourth-order valence-corrected chi connectivity index (χ4v) is 1.73. The highest BCUT2D eigenvalue weighted by molar-refractivity contribution is 5.57. The Morgan fingerprint density at radius 1 is 1.44 bits per heavy atom. The molecule has 100 valence electrons. The molecule has 0 atom stereocenters. The van der Waals surface area contributed by atoms with Crippen molar-refractivity contribution >= 4 is 11.5 Å². The molecule has 0 fully saturated rings. The van der Waals surface area contributed by atoms with E-state index >= 15 is 0 Å². The zero-order valence-corrected chi connectivity index (χ0v) is 10.9. The van der Waals surface area contributed by atoms with Crippen molar-refractivity contribution in [2.24, 2.45) is 0 Å². The molecule has 0 amide bonds. The summed E-state index contributed by atoms with van der Waals surface area (Å²) in [4.78, 5) is 14.6. The molecule has 0 saturated carbocycles. The van der Waals surface area contributed by atoms with Crippen LogP contribution in [-0.2, 0) is 0 Å². The van der Waals surface area contributed by atoms with Gasteiger partial charge in [-0.15, -0.1) is 0 Å². The second-order valence-corrected chi connectivity index (χ2v) is 4.35. The van der Waals surface area contributed by atoms with Gasteiger partial charge in [-0.2, -0.15) is 0 Å². The van der Waals surface area contributed by atoms with Crippen LogP contribution in [0.25, 0.3) is 0 Å². The van der Waals surface area contributed by atoms with E-state index in [4.69, 9.17) is 0 Å². The van der Waals surface area contributed by atoms with Crippen molar-refractivity contribution in [2.45, 2.75) is 39.2 Å². The number of aryl methyl sites for hydroxylation is 1. The van der Waals surface area contributed by atoms with Crippen LogP contribution >= 0.6 is 0 Å². The molecule has 6 nitrogen and oxygen atoms in total. The standard InChI is InChI=1S/C12H19N3O3/c1-4-12(5-2,8-16)14-11-10(15(17)18)7-6-9(3)13-11/h6-7,16H,4-5,8H2,1-3H3,(H,13,14). The summed E-state index contributed by atoms with van der Waals surface area (Å²) in [5.74, 6) is 0.220. The summed E-state index contributed by atoms with van der Waals surface area (Å²) in [7, 11) is 0. The van der Waals surface area contributed by atoms with E-state index in [-0.39, 0.29) is 18.1 Å². The van der Waals surface area contributed by atoms with Crippen molar-refractivity contribution in [3.63, 3.8) is 0 Å². The molecule has 1 heterocycles. The molecule has 0 unspecified atom stereocenters. The van der Waals surface area contributed by atoms with E-state index in [1.807, 2.05) is 13.8 Å². The molecule has 1 aromatic rings. The number of nitrogens with zero attached hydrogens (tertiary/aromatic N) is 2. The molecule has 0 bridgehead atoms. The zero-order valence-electron chi connectivity index (χ0n) is 10.9. The number of hydrogen-bond acceptors (Lipinski definition) is 5. The van der Waals surface area contributed by atoms with Crippen LogP contribution in [-0.4, -0.2) is 27.2 Å². The largest absolute Gasteiger partial charge is 0.394 e. The minimum Gasteiger partial charge on any atom is -0.394 e. The average molecular weight is 253 g/mol. The molecule has 0 aromatic carbocycles. The normalized spacial score (nSPS) is 11.3. The number of anilines is 1. The Morgan fingerprint density at radius 2 is 2.06 bits per heavy atom. The van der Waals surface area contributed by atoms with Gasteiger partial charge in [0.05, 0.1) is 17.1 Å². The molecule has 0 radical (unpaired) electrons. The number of aliphatic hydroxyl groups excluding tert-OH is 1. The summed E-state index contributed by atoms with van der Waals surface area (Å²) >= 11 is 0. The Bertz CT molecular complexity index is 422. The van der Waals surface area contributed by atoms with Crippen molar-refractivity contribution in [3.05, 3.63) is 27.9 Å². The molecule has 0 aliphatic carbocycles. The number of pyridine rings is 1. The van der Waals surface area contributed by atoms with E-state index in [1.165, 1.54) is 6.07 Å². The van der Waals surface area contributed by atoms with Crippen LogP contribution in [0.15, 0.2) is 12.1 Å². The van der Waals surface area contributed by atoms with E-state index in [2.05, 4.69) is 10.3 Å². The van der Waals surface area contributed by atoms with Gasteiger partial charge in [-0.3, -0.25) is 10.1 Å². The van der Waals surface area contributed by atoms with Crippen molar-refractivity contribution in [1.29, 1.82) is 0 Å². The maximum Gasteiger partial charge on any atom is 0.311 e. The lowest BCUT2D eigenvalue weighted by atomic mass is 9.94. The molecule has 0 aliphatic rings. The van der Waals surface area contributed by atoms with Gasteiger partial charge in [-0.25, -0.2) is 4.98 Å². The number of rotatable bonds is 6. The lowest BCUT2D eigenvalue weighted by molar-refractivity contribution is -0.384. The Morgan fingerprint density at radius 3 is 2.50 bits per heavy atom. The maximum atomic E-state index is 10.9. The molecule has 0 aliphatic heterocycles. The minimum atomic E-state index is -0.564. The van der Waals surface area contributed by atoms with Crippen LogP contribution in [0.5, 0.6) is 0 Å². The first kappa shape index (κ1) is 14.4. The van der Waals surface area contributed by atoms with Gasteiger partial charge in [-0.05, 0) is 25.8 Å². The van der Waals surface area contributed by atoms with E-state index < -0.39 is 10.5 Å². The van der Waals surface area contributed by atoms with Crippen molar-refractivity contribution in [1.82, 2.24) is 4.98 Å². The van der Waals surface area contributed by atoms with E-state index in [1.54, 1.807) is 13.0 Å². The number of hydrogen-bond donors (Lipinski definition) is 2. The fourth-order valence-electron chi connectivity index (χ4n) is 1.73. The van der Waals surface area contributed by atoms with Gasteiger partial charge < -0.3 is 10.4 Å². The van der Waals surface area contributed by atoms with Gasteiger partial charge in [0.2, 0.25) is 5.82 Å². The van der Waals surface area contributed by atoms with Crippen molar-refractivity contribution < 1.29 is 10.0 Å². The smallest absolute Gasteiger partial charge is 0.311 e. The van der Waals surface area contributed by atoms with Crippen LogP contribution in [0.2, 0.25) is 0 Å². The topological polar surface area (TPSA) is 88.3 Å². The fraction of sp³-hybridized carbons (Fsp3) is 0.583. The van der Waals surface area contributed by atoms with Crippen LogP contribution in [0, 0.1) is 17.0 Å². The van der Waals surface area contributed by atoms with Gasteiger partial charge in [0.15, 0.2) is 0 Å². The van der Waals surface area contributed by atoms with Gasteiger partial charge in [0, 0.05) is 11.8 Å². The molecule has 0 saturated heterocycles. The Labute approximate surface area is 106 Å². The first-order chi connectivity index (χ1) is 8.48. The monoisotopic (exact) mass is 253 g/mol. The Kier molecular flexibility index (Phi) is 4.61. The molecule has 18 heavy (non-hydrogen) atoms. The second-order valence-electron chi connectivity index (χ2n) is 4.35. The van der Waals surface area contributed by atoms with Crippen LogP contribution in [0.4, 0.5) is 11.5 Å². The molecule has 0 spiro atoms. The molecular formula is C12H19N3O3. The van der Waals surface area contributed by atoms with Crippen LogP contribution in [0.3, 0.4) is 0 Å². The summed E-state index contributed by atoms with van der Waals surface area (Å²) in [5, 5.41) is 23.5. The molecule has 1 rings (SSSR count). The second kappa shape index (κ2) is 5.77. The summed E-state index contributed by atoms with van der Waals surface area (Å²) < 4.78 is 0. The van der Waals surface area contributed by atoms with Crippen LogP contribution < -0.4 is 5.32 Å². The highest BCUT2D eigenvalue weighted by Crippen LogP contribution is 2.28. The van der Waals surface area contributed by atoms with Crippen molar-refractivity contribution in [2.75, 3.05) is 11.9 Å². The summed E-state index contributed by atoms with van der Waals surface area (Å²) in [6.07, 6.45) is 1.32. The number of aliphatic hydroxyl groups is 1. The highest BCUT2D eigenvalue weighted by Gasteiger charge is 2.28. The van der Waals surface area contributed by atoms with Gasteiger partial charge >= 0.3 is 5.69 Å². The van der Waals surface area contributed by atoms with Gasteiger partial charge in [-0.1, -0.05) is 13.8 Å². The third-order valence-electron chi connectivity index (χ3n) is 3.25. The lowest BCUT2D eigenvalue weighted by Gasteiger charge is -2.31. The van der Waals surface area contributed by atoms with E-state index in [0.717, 1.165) is 0 Å². The summed E-state index contributed by atoms with van der Waals surface area (Å²) in [6, 6.07) is 3.03. The number of nitrogens with one attached hydrogen (secondary N) is 1. The number of nitro groups is 1. The lowest BCUT2D eigenvalue weighted by Crippen LogP contribution is -2.41. The Balaban J connectivity index is 3.16. The van der Waals surface area contributed by atoms with Gasteiger partial charge in [0.1, 0.15) is 0 Å². The molecule has 2 N–H and O–H groups in total. The Hall–Kier alpha value is -1.69. The van der Waals surface area contributed by atoms with Crippen LogP contribution in [0.1, 0.15) is 32.4 Å². The van der Waals surface area contributed by atoms with E-state index in [9.17, 15) is 15.2 Å². The number of aromatic nitrogens is 1. The highest BCUT2D eigenvalue weighted by atomic mass is 16.6. The summed E-state index contributed by atoms with van der Waals surface area (Å²) in [6.45, 7) is 5.53. The predicted octanol–water partition coefficient (Wildman–Crippen LogP) is 2.26. The molecular weight excluding hydrogens is 234 g/mol. The minimum absolute atomic E-state index is 0.0691. The van der Waals surface area contributed by atoms with E-state index in [0.29, 0.717) is 18.5 Å². The average Bonchev–Trinajstić information content (AvgIpc) is 2.36. The first-order valence-electron chi connectivity index (χ1n) is 5.99. The third-order valence-corrected chi connectivity index (χ3v) is 3.25. The molecule has 1 aromatic heterocycles. The first-order valence-corrected chi connectivity index (χ1v) is 5.99. The van der Waals surface area contributed by atoms with Crippen molar-refractivity contribution in [3.8, 4) is 0 Å². The SMILES string of the molecule is CCC(CC)(CO)Nc1nc(C)ccc1[N+](=O)[O-]. The zero-order chi connectivity index (χ0) is 13.8. The van der Waals surface area contributed by atoms with Gasteiger partial charge in [0.25, 0.3) is 0 Å². The summed E-state index contributed by atoms with van der Waals surface area (Å²) in [5.41, 5.74) is 0.0634. The quantitative estimate of drug-likeness (QED) is 0.599. The predicted molar refractivity (Wildman–Crippen MR) is 69.6 cm³/mol.